The van der Waals surface area contributed by atoms with E-state index in [-0.39, 0.29) is 0 Å². The second-order valence-corrected chi connectivity index (χ2v) is 5.65. The quantitative estimate of drug-likeness (QED) is 0.341. The summed E-state index contributed by atoms with van der Waals surface area (Å²) in [5.41, 5.74) is 27.9. The molecular formula is C19H20N6. The Hall–Kier alpha value is -3.67. The lowest BCUT2D eigenvalue weighted by Gasteiger charge is -1.96. The molecule has 0 aliphatic heterocycles. The van der Waals surface area contributed by atoms with Crippen LogP contribution in [0.3, 0.4) is 0 Å². The van der Waals surface area contributed by atoms with Crippen LogP contribution < -0.4 is 22.9 Å². The Morgan fingerprint density at radius 3 is 1.84 bits per heavy atom. The van der Waals surface area contributed by atoms with Crippen molar-refractivity contribution in [3.8, 4) is 11.4 Å². The number of aromatic amines is 1. The monoisotopic (exact) mass is 332 g/mol. The standard InChI is InChI=1S/C13H12N4.C6H8N2/c14-9-3-1-8(2-4-9)13-16-11-6-5-10(15)7-12(11)17-13;7-5-2-1-3-6(8)4-5/h1-7H,14-15H2,(H,16,17);1-4H,7-8H2. The number of aromatic nitrogens is 2. The maximum Gasteiger partial charge on any atom is 0.138 e. The van der Waals surface area contributed by atoms with Gasteiger partial charge in [0.1, 0.15) is 5.82 Å². The third-order valence-electron chi connectivity index (χ3n) is 3.60. The SMILES string of the molecule is Nc1ccc(-c2nc3ccc(N)cc3[nH]2)cc1.Nc1cccc(N)c1. The molecule has 0 aliphatic rings. The summed E-state index contributed by atoms with van der Waals surface area (Å²) in [5, 5.41) is 0. The lowest BCUT2D eigenvalue weighted by atomic mass is 10.2. The van der Waals surface area contributed by atoms with Crippen molar-refractivity contribution in [2.24, 2.45) is 0 Å². The van der Waals surface area contributed by atoms with Gasteiger partial charge in [-0.1, -0.05) is 6.07 Å². The van der Waals surface area contributed by atoms with Crippen molar-refractivity contribution in [2.45, 2.75) is 0 Å². The Morgan fingerprint density at radius 2 is 1.24 bits per heavy atom. The molecule has 0 aliphatic carbocycles. The average molecular weight is 332 g/mol. The van der Waals surface area contributed by atoms with Crippen LogP contribution in [0.2, 0.25) is 0 Å². The maximum atomic E-state index is 5.73. The second-order valence-electron chi connectivity index (χ2n) is 5.65. The fourth-order valence-electron chi connectivity index (χ4n) is 2.36. The molecule has 4 aromatic rings. The van der Waals surface area contributed by atoms with Gasteiger partial charge in [0.25, 0.3) is 0 Å². The minimum Gasteiger partial charge on any atom is -0.399 e. The zero-order valence-corrected chi connectivity index (χ0v) is 13.6. The number of anilines is 4. The molecule has 1 heterocycles. The second kappa shape index (κ2) is 6.84. The number of fused-ring (bicyclic) bond motifs is 1. The highest BCUT2D eigenvalue weighted by molar-refractivity contribution is 5.82. The summed E-state index contributed by atoms with van der Waals surface area (Å²) in [4.78, 5) is 7.74. The van der Waals surface area contributed by atoms with Gasteiger partial charge in [0, 0.05) is 28.3 Å². The molecular weight excluding hydrogens is 312 g/mol. The van der Waals surface area contributed by atoms with Crippen LogP contribution in [0.1, 0.15) is 0 Å². The van der Waals surface area contributed by atoms with E-state index in [9.17, 15) is 0 Å². The number of nitrogen functional groups attached to an aromatic ring is 4. The topological polar surface area (TPSA) is 133 Å². The summed E-state index contributed by atoms with van der Waals surface area (Å²) >= 11 is 0. The Morgan fingerprint density at radius 1 is 0.640 bits per heavy atom. The lowest BCUT2D eigenvalue weighted by Crippen LogP contribution is -1.87. The highest BCUT2D eigenvalue weighted by Crippen LogP contribution is 2.22. The number of benzene rings is 3. The Balaban J connectivity index is 0.000000192. The molecule has 0 fully saturated rings. The predicted molar refractivity (Wildman–Crippen MR) is 106 cm³/mol. The number of nitrogens with two attached hydrogens (primary N) is 4. The smallest absolute Gasteiger partial charge is 0.138 e. The first-order chi connectivity index (χ1) is 12.0. The van der Waals surface area contributed by atoms with Crippen molar-refractivity contribution in [3.63, 3.8) is 0 Å². The van der Waals surface area contributed by atoms with Crippen LogP contribution in [0, 0.1) is 0 Å². The fraction of sp³-hybridized carbons (Fsp3) is 0. The average Bonchev–Trinajstić information content (AvgIpc) is 2.99. The van der Waals surface area contributed by atoms with E-state index in [0.29, 0.717) is 11.4 Å². The number of hydrogen-bond acceptors (Lipinski definition) is 5. The summed E-state index contributed by atoms with van der Waals surface area (Å²) in [7, 11) is 0. The molecule has 6 nitrogen and oxygen atoms in total. The minimum atomic E-state index is 0.713. The van der Waals surface area contributed by atoms with E-state index < -0.39 is 0 Å². The Bertz CT molecular complexity index is 971. The maximum absolute atomic E-state index is 5.73. The summed E-state index contributed by atoms with van der Waals surface area (Å²) in [6.07, 6.45) is 0. The van der Waals surface area contributed by atoms with Gasteiger partial charge < -0.3 is 27.9 Å². The van der Waals surface area contributed by atoms with E-state index in [1.54, 1.807) is 18.2 Å². The van der Waals surface area contributed by atoms with Gasteiger partial charge in [-0.05, 0) is 60.7 Å². The van der Waals surface area contributed by atoms with Gasteiger partial charge >= 0.3 is 0 Å². The van der Waals surface area contributed by atoms with Gasteiger partial charge in [-0.3, -0.25) is 0 Å². The first-order valence-electron chi connectivity index (χ1n) is 7.73. The van der Waals surface area contributed by atoms with Crippen LogP contribution in [0.25, 0.3) is 22.4 Å². The van der Waals surface area contributed by atoms with E-state index in [0.717, 1.165) is 33.8 Å². The lowest BCUT2D eigenvalue weighted by molar-refractivity contribution is 1.34. The van der Waals surface area contributed by atoms with Crippen molar-refractivity contribution in [1.82, 2.24) is 9.97 Å². The molecule has 4 rings (SSSR count). The van der Waals surface area contributed by atoms with Crippen LogP contribution in [-0.4, -0.2) is 9.97 Å². The highest BCUT2D eigenvalue weighted by Gasteiger charge is 2.04. The largest absolute Gasteiger partial charge is 0.399 e. The molecule has 9 N–H and O–H groups in total. The molecule has 0 radical (unpaired) electrons. The minimum absolute atomic E-state index is 0.713. The molecule has 6 heteroatoms. The van der Waals surface area contributed by atoms with E-state index >= 15 is 0 Å². The summed E-state index contributed by atoms with van der Waals surface area (Å²) in [6, 6.07) is 20.4. The van der Waals surface area contributed by atoms with Crippen molar-refractivity contribution in [2.75, 3.05) is 22.9 Å². The molecule has 126 valence electrons. The van der Waals surface area contributed by atoms with Gasteiger partial charge in [-0.15, -0.1) is 0 Å². The number of nitrogens with zero attached hydrogens (tertiary/aromatic N) is 1. The third kappa shape index (κ3) is 4.00. The third-order valence-corrected chi connectivity index (χ3v) is 3.60. The van der Waals surface area contributed by atoms with E-state index in [1.807, 2.05) is 48.5 Å². The van der Waals surface area contributed by atoms with Crippen LogP contribution in [-0.2, 0) is 0 Å². The van der Waals surface area contributed by atoms with Crippen LogP contribution in [0.15, 0.2) is 66.7 Å². The predicted octanol–water partition coefficient (Wildman–Crippen LogP) is 3.25. The molecule has 0 bridgehead atoms. The zero-order valence-electron chi connectivity index (χ0n) is 13.6. The summed E-state index contributed by atoms with van der Waals surface area (Å²) < 4.78 is 0. The summed E-state index contributed by atoms with van der Waals surface area (Å²) in [6.45, 7) is 0. The van der Waals surface area contributed by atoms with Crippen LogP contribution in [0.4, 0.5) is 22.7 Å². The van der Waals surface area contributed by atoms with Crippen LogP contribution >= 0.6 is 0 Å². The molecule has 0 spiro atoms. The number of rotatable bonds is 1. The highest BCUT2D eigenvalue weighted by atomic mass is 14.9. The fourth-order valence-corrected chi connectivity index (χ4v) is 2.36. The van der Waals surface area contributed by atoms with Crippen molar-refractivity contribution in [1.29, 1.82) is 0 Å². The normalized spacial score (nSPS) is 10.2. The van der Waals surface area contributed by atoms with Crippen molar-refractivity contribution in [3.05, 3.63) is 66.7 Å². The van der Waals surface area contributed by atoms with Gasteiger partial charge in [0.05, 0.1) is 11.0 Å². The van der Waals surface area contributed by atoms with Gasteiger partial charge in [0.2, 0.25) is 0 Å². The Labute approximate surface area is 145 Å². The summed E-state index contributed by atoms with van der Waals surface area (Å²) in [5.74, 6) is 0.825. The van der Waals surface area contributed by atoms with Gasteiger partial charge in [-0.25, -0.2) is 4.98 Å². The zero-order chi connectivity index (χ0) is 17.8. The molecule has 0 saturated carbocycles. The number of hydrogen-bond donors (Lipinski definition) is 5. The molecule has 0 amide bonds. The first kappa shape index (κ1) is 16.2. The molecule has 0 atom stereocenters. The van der Waals surface area contributed by atoms with Gasteiger partial charge in [-0.2, -0.15) is 0 Å². The van der Waals surface area contributed by atoms with Crippen molar-refractivity contribution < 1.29 is 0 Å². The number of nitrogens with one attached hydrogen (secondary N) is 1. The number of imidazole rings is 1. The van der Waals surface area contributed by atoms with Crippen LogP contribution in [0.5, 0.6) is 0 Å². The molecule has 0 unspecified atom stereocenters. The van der Waals surface area contributed by atoms with E-state index in [4.69, 9.17) is 22.9 Å². The molecule has 0 saturated heterocycles. The molecule has 3 aromatic carbocycles. The number of H-pyrrole nitrogens is 1. The molecule has 25 heavy (non-hydrogen) atoms. The van der Waals surface area contributed by atoms with Crippen molar-refractivity contribution >= 4 is 33.8 Å². The van der Waals surface area contributed by atoms with E-state index in [2.05, 4.69) is 9.97 Å². The molecule has 1 aromatic heterocycles. The van der Waals surface area contributed by atoms with Gasteiger partial charge in [0.15, 0.2) is 0 Å². The van der Waals surface area contributed by atoms with E-state index in [1.165, 1.54) is 0 Å². The first-order valence-corrected chi connectivity index (χ1v) is 7.73. The Kier molecular flexibility index (Phi) is 4.43.